The van der Waals surface area contributed by atoms with Crippen molar-refractivity contribution >= 4 is 51.6 Å². The molecule has 1 fully saturated rings. The Morgan fingerprint density at radius 2 is 2.03 bits per heavy atom. The standard InChI is InChI=1S/C19H15ClN4O6/c20-13-5-3-11(22-7-1-2-18(22)26)8-14(13)21-17(25)10-23-15-6-4-12(24(28)29)9-16(15)30-19(23)27/h3-6,8-9H,1-2,7,10H2,(H,21,25). The average Bonchev–Trinajstić information content (AvgIpc) is 3.26. The summed E-state index contributed by atoms with van der Waals surface area (Å²) in [7, 11) is 0. The van der Waals surface area contributed by atoms with Crippen LogP contribution in [0, 0.1) is 10.1 Å². The highest BCUT2D eigenvalue weighted by Crippen LogP contribution is 2.30. The molecule has 154 valence electrons. The predicted molar refractivity (Wildman–Crippen MR) is 109 cm³/mol. The van der Waals surface area contributed by atoms with Crippen LogP contribution in [-0.4, -0.2) is 27.8 Å². The number of anilines is 2. The highest BCUT2D eigenvalue weighted by molar-refractivity contribution is 6.33. The number of amides is 2. The van der Waals surface area contributed by atoms with E-state index in [0.717, 1.165) is 17.1 Å². The zero-order valence-corrected chi connectivity index (χ0v) is 16.2. The summed E-state index contributed by atoms with van der Waals surface area (Å²) in [6, 6.07) is 8.57. The highest BCUT2D eigenvalue weighted by atomic mass is 35.5. The molecule has 0 radical (unpaired) electrons. The molecule has 1 aliphatic rings. The van der Waals surface area contributed by atoms with Gasteiger partial charge < -0.3 is 14.6 Å². The van der Waals surface area contributed by atoms with Crippen molar-refractivity contribution in [1.82, 2.24) is 4.57 Å². The number of nitro benzene ring substituents is 1. The van der Waals surface area contributed by atoms with Crippen LogP contribution in [0.1, 0.15) is 12.8 Å². The van der Waals surface area contributed by atoms with Gasteiger partial charge in [-0.05, 0) is 30.7 Å². The zero-order chi connectivity index (χ0) is 21.4. The Morgan fingerprint density at radius 1 is 1.23 bits per heavy atom. The van der Waals surface area contributed by atoms with Gasteiger partial charge in [-0.15, -0.1) is 0 Å². The minimum absolute atomic E-state index is 0.000103. The summed E-state index contributed by atoms with van der Waals surface area (Å²) in [4.78, 5) is 48.5. The molecule has 11 heteroatoms. The second-order valence-corrected chi connectivity index (χ2v) is 7.13. The van der Waals surface area contributed by atoms with Gasteiger partial charge in [0.05, 0.1) is 27.2 Å². The van der Waals surface area contributed by atoms with Gasteiger partial charge in [0.1, 0.15) is 6.54 Å². The third-order valence-corrected chi connectivity index (χ3v) is 5.10. The Labute approximate surface area is 173 Å². The Bertz CT molecular complexity index is 1250. The van der Waals surface area contributed by atoms with Gasteiger partial charge in [-0.25, -0.2) is 4.79 Å². The van der Waals surface area contributed by atoms with E-state index in [2.05, 4.69) is 5.32 Å². The highest BCUT2D eigenvalue weighted by Gasteiger charge is 2.23. The Morgan fingerprint density at radius 3 is 2.73 bits per heavy atom. The molecule has 30 heavy (non-hydrogen) atoms. The lowest BCUT2D eigenvalue weighted by atomic mass is 10.2. The summed E-state index contributed by atoms with van der Waals surface area (Å²) < 4.78 is 6.08. The Kier molecular flexibility index (Phi) is 5.00. The molecule has 0 aliphatic carbocycles. The van der Waals surface area contributed by atoms with Gasteiger partial charge in [0.25, 0.3) is 5.69 Å². The van der Waals surface area contributed by atoms with E-state index in [0.29, 0.717) is 24.3 Å². The van der Waals surface area contributed by atoms with E-state index in [1.54, 1.807) is 23.1 Å². The number of aromatic nitrogens is 1. The fourth-order valence-corrected chi connectivity index (χ4v) is 3.51. The molecule has 0 atom stereocenters. The van der Waals surface area contributed by atoms with Gasteiger partial charge in [-0.1, -0.05) is 11.6 Å². The van der Waals surface area contributed by atoms with E-state index in [1.807, 2.05) is 0 Å². The normalized spacial score (nSPS) is 13.8. The number of nitrogens with one attached hydrogen (secondary N) is 1. The van der Waals surface area contributed by atoms with Crippen molar-refractivity contribution < 1.29 is 18.9 Å². The number of nitro groups is 1. The first-order valence-electron chi connectivity index (χ1n) is 9.01. The van der Waals surface area contributed by atoms with E-state index in [1.165, 1.54) is 12.1 Å². The maximum absolute atomic E-state index is 12.5. The molecular formula is C19H15ClN4O6. The van der Waals surface area contributed by atoms with Crippen LogP contribution in [-0.2, 0) is 16.1 Å². The summed E-state index contributed by atoms with van der Waals surface area (Å²) in [5.41, 5.74) is 0.955. The topological polar surface area (TPSA) is 128 Å². The van der Waals surface area contributed by atoms with Gasteiger partial charge in [0.15, 0.2) is 5.58 Å². The van der Waals surface area contributed by atoms with Crippen molar-refractivity contribution in [3.05, 3.63) is 62.1 Å². The number of halogens is 1. The van der Waals surface area contributed by atoms with Gasteiger partial charge in [-0.3, -0.25) is 24.3 Å². The van der Waals surface area contributed by atoms with Crippen LogP contribution in [0.4, 0.5) is 17.1 Å². The second-order valence-electron chi connectivity index (χ2n) is 6.72. The van der Waals surface area contributed by atoms with E-state index in [4.69, 9.17) is 16.0 Å². The van der Waals surface area contributed by atoms with E-state index < -0.39 is 16.6 Å². The van der Waals surface area contributed by atoms with Gasteiger partial charge >= 0.3 is 5.76 Å². The van der Waals surface area contributed by atoms with Crippen LogP contribution < -0.4 is 16.0 Å². The predicted octanol–water partition coefficient (Wildman–Crippen LogP) is 2.92. The quantitative estimate of drug-likeness (QED) is 0.489. The van der Waals surface area contributed by atoms with E-state index >= 15 is 0 Å². The fourth-order valence-electron chi connectivity index (χ4n) is 3.35. The molecule has 0 spiro atoms. The largest absolute Gasteiger partial charge is 0.420 e. The first-order chi connectivity index (χ1) is 14.3. The van der Waals surface area contributed by atoms with Gasteiger partial charge in [0, 0.05) is 24.7 Å². The number of carbonyl (C=O) groups excluding carboxylic acids is 2. The van der Waals surface area contributed by atoms with Gasteiger partial charge in [-0.2, -0.15) is 0 Å². The first-order valence-corrected chi connectivity index (χ1v) is 9.39. The summed E-state index contributed by atoms with van der Waals surface area (Å²) in [5, 5.41) is 13.8. The van der Waals surface area contributed by atoms with Crippen molar-refractivity contribution in [3.8, 4) is 0 Å². The van der Waals surface area contributed by atoms with Crippen LogP contribution in [0.25, 0.3) is 11.1 Å². The minimum atomic E-state index is -0.817. The third-order valence-electron chi connectivity index (χ3n) is 4.77. The number of benzene rings is 2. The maximum atomic E-state index is 12.5. The molecular weight excluding hydrogens is 416 g/mol. The van der Waals surface area contributed by atoms with Crippen LogP contribution in [0.3, 0.4) is 0 Å². The number of fused-ring (bicyclic) bond motifs is 1. The molecule has 1 saturated heterocycles. The Balaban J connectivity index is 1.57. The van der Waals surface area contributed by atoms with Crippen molar-refractivity contribution in [2.24, 2.45) is 0 Å². The molecule has 2 heterocycles. The molecule has 1 aromatic heterocycles. The zero-order valence-electron chi connectivity index (χ0n) is 15.5. The smallest absolute Gasteiger partial charge is 0.407 e. The number of hydrogen-bond acceptors (Lipinski definition) is 6. The van der Waals surface area contributed by atoms with Crippen LogP contribution in [0.15, 0.2) is 45.6 Å². The maximum Gasteiger partial charge on any atom is 0.420 e. The molecule has 1 aliphatic heterocycles. The third kappa shape index (κ3) is 3.64. The number of oxazole rings is 1. The molecule has 0 bridgehead atoms. The first kappa shape index (κ1) is 19.6. The summed E-state index contributed by atoms with van der Waals surface area (Å²) in [5.74, 6) is -1.37. The number of rotatable bonds is 5. The lowest BCUT2D eigenvalue weighted by Gasteiger charge is -2.17. The molecule has 10 nitrogen and oxygen atoms in total. The average molecular weight is 431 g/mol. The molecule has 1 N–H and O–H groups in total. The molecule has 0 saturated carbocycles. The lowest BCUT2D eigenvalue weighted by molar-refractivity contribution is -0.384. The molecule has 4 rings (SSSR count). The SMILES string of the molecule is O=C(Cn1c(=O)oc2cc([N+](=O)[O-])ccc21)Nc1cc(N2CCCC2=O)ccc1Cl. The van der Waals surface area contributed by atoms with Gasteiger partial charge in [0.2, 0.25) is 11.8 Å². The summed E-state index contributed by atoms with van der Waals surface area (Å²) in [6.45, 7) is 0.212. The van der Waals surface area contributed by atoms with Crippen molar-refractivity contribution in [3.63, 3.8) is 0 Å². The van der Waals surface area contributed by atoms with Crippen LogP contribution in [0.5, 0.6) is 0 Å². The second kappa shape index (κ2) is 7.64. The lowest BCUT2D eigenvalue weighted by Crippen LogP contribution is -2.26. The number of hydrogen-bond donors (Lipinski definition) is 1. The molecule has 2 aromatic carbocycles. The van der Waals surface area contributed by atoms with Crippen molar-refractivity contribution in [1.29, 1.82) is 0 Å². The molecule has 2 amide bonds. The van der Waals surface area contributed by atoms with E-state index in [9.17, 15) is 24.5 Å². The molecule has 0 unspecified atom stereocenters. The Hall–Kier alpha value is -3.66. The molecule has 3 aromatic rings. The van der Waals surface area contributed by atoms with Crippen LogP contribution in [0.2, 0.25) is 5.02 Å². The summed E-state index contributed by atoms with van der Waals surface area (Å²) in [6.07, 6.45) is 1.23. The minimum Gasteiger partial charge on any atom is -0.407 e. The summed E-state index contributed by atoms with van der Waals surface area (Å²) >= 11 is 6.17. The number of carbonyl (C=O) groups is 2. The fraction of sp³-hybridized carbons (Fsp3) is 0.211. The monoisotopic (exact) mass is 430 g/mol. The van der Waals surface area contributed by atoms with E-state index in [-0.39, 0.29) is 34.3 Å². The number of nitrogens with zero attached hydrogens (tertiary/aromatic N) is 3. The number of non-ortho nitro benzene ring substituents is 1. The van der Waals surface area contributed by atoms with Crippen molar-refractivity contribution in [2.75, 3.05) is 16.8 Å². The van der Waals surface area contributed by atoms with Crippen LogP contribution >= 0.6 is 11.6 Å². The van der Waals surface area contributed by atoms with Crippen molar-refractivity contribution in [2.45, 2.75) is 19.4 Å².